The minimum atomic E-state index is -3.26. The smallest absolute Gasteiger partial charge is 0.276 e. The second-order valence-electron chi connectivity index (χ2n) is 6.48. The highest BCUT2D eigenvalue weighted by Gasteiger charge is 2.31. The van der Waals surface area contributed by atoms with Crippen molar-refractivity contribution in [2.75, 3.05) is 37.5 Å². The van der Waals surface area contributed by atoms with Gasteiger partial charge in [-0.3, -0.25) is 15.0 Å². The molecule has 9 heteroatoms. The van der Waals surface area contributed by atoms with E-state index in [1.165, 1.54) is 12.1 Å². The van der Waals surface area contributed by atoms with Crippen LogP contribution in [0, 0.1) is 10.1 Å². The van der Waals surface area contributed by atoms with Crippen molar-refractivity contribution in [3.63, 3.8) is 0 Å². The van der Waals surface area contributed by atoms with Crippen molar-refractivity contribution in [3.8, 4) is 0 Å². The van der Waals surface area contributed by atoms with E-state index in [-0.39, 0.29) is 15.5 Å². The lowest BCUT2D eigenvalue weighted by molar-refractivity contribution is -0.429. The molecule has 2 aliphatic heterocycles. The van der Waals surface area contributed by atoms with Gasteiger partial charge in [0.1, 0.15) is 0 Å². The van der Waals surface area contributed by atoms with Crippen LogP contribution in [0.5, 0.6) is 0 Å². The number of anilines is 1. The van der Waals surface area contributed by atoms with Gasteiger partial charge in [0.15, 0.2) is 9.84 Å². The number of nitro groups is 1. The van der Waals surface area contributed by atoms with Gasteiger partial charge in [0.2, 0.25) is 0 Å². The summed E-state index contributed by atoms with van der Waals surface area (Å²) in [5.41, 5.74) is 0.891. The van der Waals surface area contributed by atoms with Gasteiger partial charge in [-0.25, -0.2) is 8.42 Å². The van der Waals surface area contributed by atoms with Gasteiger partial charge in [-0.05, 0) is 50.2 Å². The van der Waals surface area contributed by atoms with E-state index in [0.29, 0.717) is 19.3 Å². The molecule has 1 N–H and O–H groups in total. The monoisotopic (exact) mass is 366 g/mol. The quantitative estimate of drug-likeness (QED) is 0.628. The van der Waals surface area contributed by atoms with Crippen LogP contribution < -0.4 is 10.2 Å². The third-order valence-electron chi connectivity index (χ3n) is 4.66. The van der Waals surface area contributed by atoms with Crippen molar-refractivity contribution in [1.82, 2.24) is 10.2 Å². The Labute approximate surface area is 147 Å². The van der Waals surface area contributed by atoms with Crippen LogP contribution in [-0.4, -0.2) is 56.8 Å². The highest BCUT2D eigenvalue weighted by atomic mass is 32.2. The summed E-state index contributed by atoms with van der Waals surface area (Å²) in [5.74, 6) is 0. The predicted octanol–water partition coefficient (Wildman–Crippen LogP) is 1.04. The van der Waals surface area contributed by atoms with Crippen molar-refractivity contribution in [1.29, 1.82) is 0 Å². The predicted molar refractivity (Wildman–Crippen MR) is 94.6 cm³/mol. The summed E-state index contributed by atoms with van der Waals surface area (Å²) in [5, 5.41) is 14.6. The van der Waals surface area contributed by atoms with E-state index in [1.54, 1.807) is 18.3 Å². The lowest BCUT2D eigenvalue weighted by atomic mass is 10.0. The fraction of sp³-hybridized carbons (Fsp3) is 0.500. The van der Waals surface area contributed by atoms with E-state index in [1.807, 2.05) is 4.90 Å². The van der Waals surface area contributed by atoms with Crippen molar-refractivity contribution in [3.05, 3.63) is 46.3 Å². The largest absolute Gasteiger partial charge is 0.328 e. The molecule has 0 aromatic heterocycles. The van der Waals surface area contributed by atoms with Gasteiger partial charge in [0, 0.05) is 18.0 Å². The van der Waals surface area contributed by atoms with Crippen LogP contribution in [0.4, 0.5) is 5.69 Å². The summed E-state index contributed by atoms with van der Waals surface area (Å²) >= 11 is 0. The molecule has 0 atom stereocenters. The number of sulfone groups is 1. The zero-order valence-electron chi connectivity index (χ0n) is 14.1. The summed E-state index contributed by atoms with van der Waals surface area (Å²) in [7, 11) is -3.26. The fourth-order valence-corrected chi connectivity index (χ4v) is 3.91. The van der Waals surface area contributed by atoms with Gasteiger partial charge >= 0.3 is 0 Å². The summed E-state index contributed by atoms with van der Waals surface area (Å²) in [6.45, 7) is 2.72. The molecule has 0 unspecified atom stereocenters. The third-order valence-corrected chi connectivity index (χ3v) is 5.79. The SMILES string of the molecule is CS(=O)(=O)c1ccc(N2C=C([N+](=O)[O-])CN(C3CCNCC3)C2)cc1. The molecule has 136 valence electrons. The van der Waals surface area contributed by atoms with Crippen LogP contribution in [0.1, 0.15) is 12.8 Å². The molecule has 2 heterocycles. The topological polar surface area (TPSA) is 95.8 Å². The zero-order valence-corrected chi connectivity index (χ0v) is 14.9. The third kappa shape index (κ3) is 4.17. The Morgan fingerprint density at radius 3 is 2.40 bits per heavy atom. The Balaban J connectivity index is 1.85. The van der Waals surface area contributed by atoms with Crippen molar-refractivity contribution < 1.29 is 13.3 Å². The minimum Gasteiger partial charge on any atom is -0.328 e. The molecule has 1 aromatic carbocycles. The Kier molecular flexibility index (Phi) is 5.07. The standard InChI is InChI=1S/C16H22N4O4S/c1-25(23,24)16-4-2-13(3-5-16)18-10-15(20(21)22)11-19(12-18)14-6-8-17-9-7-14/h2-5,10,14,17H,6-9,11-12H2,1H3. The van der Waals surface area contributed by atoms with Gasteiger partial charge in [-0.2, -0.15) is 0 Å². The van der Waals surface area contributed by atoms with Crippen molar-refractivity contribution >= 4 is 15.5 Å². The van der Waals surface area contributed by atoms with E-state index in [4.69, 9.17) is 0 Å². The second-order valence-corrected chi connectivity index (χ2v) is 8.50. The minimum absolute atomic E-state index is 0.150. The Hall–Kier alpha value is -1.97. The molecule has 1 fully saturated rings. The number of rotatable bonds is 4. The van der Waals surface area contributed by atoms with Gasteiger partial charge in [0.05, 0.1) is 29.2 Å². The van der Waals surface area contributed by atoms with Gasteiger partial charge in [-0.15, -0.1) is 0 Å². The number of nitrogens with zero attached hydrogens (tertiary/aromatic N) is 3. The molecule has 3 rings (SSSR count). The average molecular weight is 366 g/mol. The first kappa shape index (κ1) is 17.8. The average Bonchev–Trinajstić information content (AvgIpc) is 2.61. The van der Waals surface area contributed by atoms with E-state index >= 15 is 0 Å². The number of nitrogens with one attached hydrogen (secondary N) is 1. The van der Waals surface area contributed by atoms with E-state index < -0.39 is 9.84 Å². The maximum absolute atomic E-state index is 11.6. The van der Waals surface area contributed by atoms with Gasteiger partial charge < -0.3 is 10.2 Å². The first-order valence-corrected chi connectivity index (χ1v) is 10.1. The fourth-order valence-electron chi connectivity index (χ4n) is 3.28. The lowest BCUT2D eigenvalue weighted by Crippen LogP contribution is -2.50. The number of hydrogen-bond donors (Lipinski definition) is 1. The molecule has 0 radical (unpaired) electrons. The molecule has 0 aliphatic carbocycles. The van der Waals surface area contributed by atoms with Crippen LogP contribution in [-0.2, 0) is 9.84 Å². The first-order valence-electron chi connectivity index (χ1n) is 8.21. The summed E-state index contributed by atoms with van der Waals surface area (Å²) in [4.78, 5) is 15.2. The van der Waals surface area contributed by atoms with Crippen LogP contribution in [0.2, 0.25) is 0 Å². The molecule has 8 nitrogen and oxygen atoms in total. The Morgan fingerprint density at radius 1 is 1.20 bits per heavy atom. The van der Waals surface area contributed by atoms with Gasteiger partial charge in [-0.1, -0.05) is 0 Å². The lowest BCUT2D eigenvalue weighted by Gasteiger charge is -2.39. The molecular weight excluding hydrogens is 344 g/mol. The van der Waals surface area contributed by atoms with Gasteiger partial charge in [0.25, 0.3) is 5.70 Å². The van der Waals surface area contributed by atoms with Crippen LogP contribution in [0.15, 0.2) is 41.1 Å². The Morgan fingerprint density at radius 2 is 1.84 bits per heavy atom. The normalized spacial score (nSPS) is 20.4. The maximum Gasteiger partial charge on any atom is 0.276 e. The van der Waals surface area contributed by atoms with Crippen LogP contribution >= 0.6 is 0 Å². The molecule has 0 saturated carbocycles. The van der Waals surface area contributed by atoms with E-state index in [2.05, 4.69) is 10.2 Å². The molecule has 0 amide bonds. The number of benzene rings is 1. The highest BCUT2D eigenvalue weighted by molar-refractivity contribution is 7.90. The first-order chi connectivity index (χ1) is 11.8. The van der Waals surface area contributed by atoms with Crippen LogP contribution in [0.25, 0.3) is 0 Å². The zero-order chi connectivity index (χ0) is 18.0. The molecule has 1 aromatic rings. The van der Waals surface area contributed by atoms with Crippen molar-refractivity contribution in [2.45, 2.75) is 23.8 Å². The molecule has 0 bridgehead atoms. The summed E-state index contributed by atoms with van der Waals surface area (Å²) in [6, 6.07) is 6.76. The molecule has 0 spiro atoms. The molecule has 25 heavy (non-hydrogen) atoms. The van der Waals surface area contributed by atoms with Crippen LogP contribution in [0.3, 0.4) is 0 Å². The molecule has 1 saturated heterocycles. The molecule has 2 aliphatic rings. The number of hydrogen-bond acceptors (Lipinski definition) is 7. The van der Waals surface area contributed by atoms with E-state index in [0.717, 1.165) is 37.9 Å². The van der Waals surface area contributed by atoms with Crippen molar-refractivity contribution in [2.24, 2.45) is 0 Å². The molecular formula is C16H22N4O4S. The Bertz CT molecular complexity index is 770. The summed E-state index contributed by atoms with van der Waals surface area (Å²) in [6.07, 6.45) is 4.64. The maximum atomic E-state index is 11.6. The number of piperidine rings is 1. The summed E-state index contributed by atoms with van der Waals surface area (Å²) < 4.78 is 23.2. The highest BCUT2D eigenvalue weighted by Crippen LogP contribution is 2.25. The van der Waals surface area contributed by atoms with E-state index in [9.17, 15) is 18.5 Å². The second kappa shape index (κ2) is 7.11.